The van der Waals surface area contributed by atoms with E-state index < -0.39 is 35.7 Å². The molecule has 4 heterocycles. The molecule has 5 atom stereocenters. The van der Waals surface area contributed by atoms with E-state index in [-0.39, 0.29) is 5.91 Å². The second-order valence-corrected chi connectivity index (χ2v) is 5.23. The number of aliphatic carboxylic acids is 1. The molecule has 96 valence electrons. The molecule has 1 spiro atoms. The molecule has 0 radical (unpaired) electrons. The maximum absolute atomic E-state index is 12.4. The molecule has 4 aliphatic heterocycles. The summed E-state index contributed by atoms with van der Waals surface area (Å²) in [5.74, 6) is -2.98. The largest absolute Gasteiger partial charge is 0.550 e. The number of carboxylic acids is 1. The Kier molecular flexibility index (Phi) is 1.83. The summed E-state index contributed by atoms with van der Waals surface area (Å²) < 4.78 is 11.4. The van der Waals surface area contributed by atoms with E-state index in [0.717, 1.165) is 6.42 Å². The number of carboxylic acid groups (broad SMARTS) is 1. The van der Waals surface area contributed by atoms with Gasteiger partial charge in [-0.25, -0.2) is 0 Å². The number of nitrogens with zero attached hydrogens (tertiary/aromatic N) is 1. The Hall–Kier alpha value is -1.40. The smallest absolute Gasteiger partial charge is 0.232 e. The summed E-state index contributed by atoms with van der Waals surface area (Å²) >= 11 is 0. The predicted octanol–water partition coefficient (Wildman–Crippen LogP) is -1.74. The van der Waals surface area contributed by atoms with Crippen LogP contribution in [0, 0.1) is 11.8 Å². The van der Waals surface area contributed by atoms with Crippen LogP contribution in [0.25, 0.3) is 0 Å². The van der Waals surface area contributed by atoms with Crippen LogP contribution in [0.1, 0.15) is 6.42 Å². The maximum Gasteiger partial charge on any atom is 0.232 e. The fourth-order valence-corrected chi connectivity index (χ4v) is 3.73. The van der Waals surface area contributed by atoms with Crippen molar-refractivity contribution in [3.8, 4) is 0 Å². The first-order valence-electron chi connectivity index (χ1n) is 6.15. The van der Waals surface area contributed by atoms with E-state index >= 15 is 0 Å². The number of carbonyl (C=O) groups excluding carboxylic acids is 2. The molecular weight excluding hydrogens is 238 g/mol. The maximum atomic E-state index is 12.4. The van der Waals surface area contributed by atoms with Crippen LogP contribution in [0.3, 0.4) is 0 Å². The predicted molar refractivity (Wildman–Crippen MR) is 54.8 cm³/mol. The molecule has 0 saturated carbocycles. The molecule has 18 heavy (non-hydrogen) atoms. The summed E-state index contributed by atoms with van der Waals surface area (Å²) in [5.41, 5.74) is -0.910. The average molecular weight is 250 g/mol. The molecule has 0 aromatic heterocycles. The molecule has 2 bridgehead atoms. The summed E-state index contributed by atoms with van der Waals surface area (Å²) in [6.07, 6.45) is 3.25. The van der Waals surface area contributed by atoms with Gasteiger partial charge in [0.05, 0.1) is 18.6 Å². The normalized spacial score (nSPS) is 48.4. The number of hydrogen-bond acceptors (Lipinski definition) is 5. The SMILES string of the molecule is O=C([O-])[C@H]1[C@@H]2C=C[C@@]3(O2)[C@H]1C(=O)N1CCCO[C@@H]13. The Morgan fingerprint density at radius 1 is 1.56 bits per heavy atom. The van der Waals surface area contributed by atoms with Crippen molar-refractivity contribution in [2.24, 2.45) is 11.8 Å². The van der Waals surface area contributed by atoms with Crippen LogP contribution >= 0.6 is 0 Å². The topological polar surface area (TPSA) is 78.9 Å². The first-order valence-corrected chi connectivity index (χ1v) is 6.15. The Morgan fingerprint density at radius 2 is 2.39 bits per heavy atom. The van der Waals surface area contributed by atoms with Crippen molar-refractivity contribution in [2.75, 3.05) is 13.2 Å². The van der Waals surface area contributed by atoms with E-state index in [1.165, 1.54) is 0 Å². The Balaban J connectivity index is 1.82. The number of rotatable bonds is 1. The van der Waals surface area contributed by atoms with Crippen LogP contribution in [-0.2, 0) is 19.1 Å². The highest BCUT2D eigenvalue weighted by molar-refractivity contribution is 5.90. The molecule has 4 rings (SSSR count). The van der Waals surface area contributed by atoms with Crippen molar-refractivity contribution in [3.63, 3.8) is 0 Å². The van der Waals surface area contributed by atoms with Gasteiger partial charge in [-0.1, -0.05) is 6.08 Å². The lowest BCUT2D eigenvalue weighted by Crippen LogP contribution is -2.50. The standard InChI is InChI=1S/C12H13NO5/c14-9-8-7(10(15)16)6-2-3-12(8,18-6)11-13(9)4-1-5-17-11/h2-3,6-8,11H,1,4-5H2,(H,15,16)/p-1/t6-,7-,8+,11+,12+/m0/s1. The average Bonchev–Trinajstić information content (AvgIpc) is 2.99. The van der Waals surface area contributed by atoms with Crippen molar-refractivity contribution in [1.82, 2.24) is 4.90 Å². The Labute approximate surface area is 103 Å². The second-order valence-electron chi connectivity index (χ2n) is 5.23. The van der Waals surface area contributed by atoms with E-state index in [2.05, 4.69) is 0 Å². The summed E-state index contributed by atoms with van der Waals surface area (Å²) in [6, 6.07) is 0. The molecule has 4 aliphatic rings. The number of carbonyl (C=O) groups is 2. The van der Waals surface area contributed by atoms with Gasteiger partial charge in [0, 0.05) is 18.4 Å². The van der Waals surface area contributed by atoms with Gasteiger partial charge < -0.3 is 24.3 Å². The number of ether oxygens (including phenoxy) is 2. The number of amides is 1. The van der Waals surface area contributed by atoms with Gasteiger partial charge in [0.1, 0.15) is 5.60 Å². The quantitative estimate of drug-likeness (QED) is 0.516. The highest BCUT2D eigenvalue weighted by atomic mass is 16.6. The minimum absolute atomic E-state index is 0.180. The third kappa shape index (κ3) is 0.976. The third-order valence-electron chi connectivity index (χ3n) is 4.40. The lowest BCUT2D eigenvalue weighted by molar-refractivity contribution is -0.313. The van der Waals surface area contributed by atoms with Gasteiger partial charge in [-0.15, -0.1) is 0 Å². The molecule has 3 saturated heterocycles. The van der Waals surface area contributed by atoms with E-state index in [4.69, 9.17) is 9.47 Å². The van der Waals surface area contributed by atoms with Gasteiger partial charge in [-0.2, -0.15) is 0 Å². The fourth-order valence-electron chi connectivity index (χ4n) is 3.73. The molecule has 0 aromatic carbocycles. The lowest BCUT2D eigenvalue weighted by atomic mass is 9.76. The minimum Gasteiger partial charge on any atom is -0.550 e. The van der Waals surface area contributed by atoms with E-state index in [1.807, 2.05) is 0 Å². The Bertz CT molecular complexity index is 475. The van der Waals surface area contributed by atoms with E-state index in [9.17, 15) is 14.7 Å². The van der Waals surface area contributed by atoms with Crippen LogP contribution < -0.4 is 5.11 Å². The first-order chi connectivity index (χ1) is 8.65. The first kappa shape index (κ1) is 10.5. The second kappa shape index (κ2) is 3.13. The molecule has 6 heteroatoms. The summed E-state index contributed by atoms with van der Waals surface area (Å²) in [6.45, 7) is 1.17. The van der Waals surface area contributed by atoms with Crippen LogP contribution in [0.5, 0.6) is 0 Å². The van der Waals surface area contributed by atoms with Crippen LogP contribution in [0.4, 0.5) is 0 Å². The zero-order valence-electron chi connectivity index (χ0n) is 9.57. The van der Waals surface area contributed by atoms with E-state index in [1.54, 1.807) is 17.1 Å². The van der Waals surface area contributed by atoms with Crippen LogP contribution in [-0.4, -0.2) is 47.9 Å². The van der Waals surface area contributed by atoms with Gasteiger partial charge in [0.2, 0.25) is 5.91 Å². The minimum atomic E-state index is -1.22. The van der Waals surface area contributed by atoms with Gasteiger partial charge in [0.15, 0.2) is 6.23 Å². The van der Waals surface area contributed by atoms with Crippen LogP contribution in [0.15, 0.2) is 12.2 Å². The van der Waals surface area contributed by atoms with Crippen molar-refractivity contribution in [3.05, 3.63) is 12.2 Å². The van der Waals surface area contributed by atoms with Gasteiger partial charge in [-0.05, 0) is 12.5 Å². The van der Waals surface area contributed by atoms with Crippen molar-refractivity contribution >= 4 is 11.9 Å². The molecular formula is C12H12NO5-. The van der Waals surface area contributed by atoms with Gasteiger partial charge in [-0.3, -0.25) is 4.79 Å². The van der Waals surface area contributed by atoms with E-state index in [0.29, 0.717) is 13.2 Å². The summed E-state index contributed by atoms with van der Waals surface area (Å²) in [7, 11) is 0. The highest BCUT2D eigenvalue weighted by Crippen LogP contribution is 2.55. The molecule has 0 aliphatic carbocycles. The zero-order chi connectivity index (χ0) is 12.5. The summed E-state index contributed by atoms with van der Waals surface area (Å²) in [5, 5.41) is 11.2. The zero-order valence-corrected chi connectivity index (χ0v) is 9.57. The van der Waals surface area contributed by atoms with Crippen LogP contribution in [0.2, 0.25) is 0 Å². The van der Waals surface area contributed by atoms with Crippen molar-refractivity contribution < 1.29 is 24.2 Å². The lowest BCUT2D eigenvalue weighted by Gasteiger charge is -2.36. The monoisotopic (exact) mass is 250 g/mol. The molecule has 0 N–H and O–H groups in total. The Morgan fingerprint density at radius 3 is 3.17 bits per heavy atom. The van der Waals surface area contributed by atoms with Gasteiger partial charge in [0.25, 0.3) is 0 Å². The van der Waals surface area contributed by atoms with Crippen molar-refractivity contribution in [1.29, 1.82) is 0 Å². The summed E-state index contributed by atoms with van der Waals surface area (Å²) in [4.78, 5) is 25.2. The van der Waals surface area contributed by atoms with Crippen molar-refractivity contribution in [2.45, 2.75) is 24.4 Å². The highest BCUT2D eigenvalue weighted by Gasteiger charge is 2.70. The molecule has 1 amide bonds. The molecule has 6 nitrogen and oxygen atoms in total. The fraction of sp³-hybridized carbons (Fsp3) is 0.667. The number of hydrogen-bond donors (Lipinski definition) is 0. The molecule has 0 unspecified atom stereocenters. The van der Waals surface area contributed by atoms with Gasteiger partial charge >= 0.3 is 0 Å². The third-order valence-corrected chi connectivity index (χ3v) is 4.40. The molecule has 3 fully saturated rings. The molecule has 0 aromatic rings. The number of fused-ring (bicyclic) bond motifs is 2.